The standard InChI is InChI=1S/C18H40N4O2/c1-18(2,3)24-17(23)22-16-10-15-21-13-8-6-4-5-7-12-20-14-9-11-19/h20-21H,4-16,19H2,1-3H3,(H,22,23). The minimum atomic E-state index is -0.428. The van der Waals surface area contributed by atoms with Crippen molar-refractivity contribution in [3.8, 4) is 0 Å². The van der Waals surface area contributed by atoms with Gasteiger partial charge in [-0.3, -0.25) is 0 Å². The van der Waals surface area contributed by atoms with Crippen LogP contribution < -0.4 is 21.7 Å². The topological polar surface area (TPSA) is 88.4 Å². The zero-order chi connectivity index (χ0) is 18.1. The maximum absolute atomic E-state index is 11.4. The fourth-order valence-electron chi connectivity index (χ4n) is 2.23. The summed E-state index contributed by atoms with van der Waals surface area (Å²) in [5.41, 5.74) is 5.01. The molecule has 0 aliphatic carbocycles. The zero-order valence-corrected chi connectivity index (χ0v) is 16.1. The Balaban J connectivity index is 3.14. The lowest BCUT2D eigenvalue weighted by Crippen LogP contribution is -2.34. The van der Waals surface area contributed by atoms with E-state index < -0.39 is 5.60 Å². The van der Waals surface area contributed by atoms with E-state index in [1.165, 1.54) is 32.1 Å². The van der Waals surface area contributed by atoms with Crippen molar-refractivity contribution in [1.29, 1.82) is 0 Å². The van der Waals surface area contributed by atoms with Crippen LogP contribution >= 0.6 is 0 Å². The predicted octanol–water partition coefficient (Wildman–Crippen LogP) is 2.38. The molecule has 0 aromatic carbocycles. The van der Waals surface area contributed by atoms with E-state index in [2.05, 4.69) is 16.0 Å². The van der Waals surface area contributed by atoms with Crippen LogP contribution in [0.15, 0.2) is 0 Å². The third kappa shape index (κ3) is 19.2. The van der Waals surface area contributed by atoms with Gasteiger partial charge in [0.05, 0.1) is 0 Å². The van der Waals surface area contributed by atoms with Gasteiger partial charge in [-0.25, -0.2) is 4.79 Å². The molecule has 24 heavy (non-hydrogen) atoms. The molecule has 144 valence electrons. The van der Waals surface area contributed by atoms with Gasteiger partial charge in [0.1, 0.15) is 5.60 Å². The van der Waals surface area contributed by atoms with Gasteiger partial charge in [0.25, 0.3) is 0 Å². The zero-order valence-electron chi connectivity index (χ0n) is 16.1. The Morgan fingerprint density at radius 3 is 1.83 bits per heavy atom. The molecule has 0 rings (SSSR count). The SMILES string of the molecule is CC(C)(C)OC(=O)NCCCNCCCCCCCNCCCN. The van der Waals surface area contributed by atoms with E-state index in [0.717, 1.165) is 45.6 Å². The van der Waals surface area contributed by atoms with Gasteiger partial charge in [-0.05, 0) is 79.2 Å². The average molecular weight is 345 g/mol. The van der Waals surface area contributed by atoms with Gasteiger partial charge in [-0.15, -0.1) is 0 Å². The number of hydrogen-bond donors (Lipinski definition) is 4. The number of ether oxygens (including phenoxy) is 1. The van der Waals surface area contributed by atoms with E-state index in [0.29, 0.717) is 6.54 Å². The Bertz CT molecular complexity index is 293. The Labute approximate surface area is 148 Å². The summed E-state index contributed by atoms with van der Waals surface area (Å²) in [6.07, 6.45) is 8.03. The lowest BCUT2D eigenvalue weighted by atomic mass is 10.1. The highest BCUT2D eigenvalue weighted by atomic mass is 16.6. The van der Waals surface area contributed by atoms with Crippen LogP contribution in [0.25, 0.3) is 0 Å². The molecule has 0 radical (unpaired) electrons. The number of hydrogen-bond acceptors (Lipinski definition) is 5. The van der Waals surface area contributed by atoms with E-state index in [1.807, 2.05) is 20.8 Å². The molecular weight excluding hydrogens is 304 g/mol. The molecule has 0 fully saturated rings. The molecule has 5 N–H and O–H groups in total. The van der Waals surface area contributed by atoms with Crippen molar-refractivity contribution in [3.63, 3.8) is 0 Å². The number of carbonyl (C=O) groups is 1. The molecule has 0 aromatic heterocycles. The molecule has 0 unspecified atom stereocenters. The number of amides is 1. The van der Waals surface area contributed by atoms with Crippen LogP contribution in [0.4, 0.5) is 4.79 Å². The van der Waals surface area contributed by atoms with Gasteiger partial charge in [-0.1, -0.05) is 19.3 Å². The highest BCUT2D eigenvalue weighted by Gasteiger charge is 2.15. The van der Waals surface area contributed by atoms with E-state index in [9.17, 15) is 4.79 Å². The molecule has 1 amide bonds. The van der Waals surface area contributed by atoms with Crippen molar-refractivity contribution in [3.05, 3.63) is 0 Å². The summed E-state index contributed by atoms with van der Waals surface area (Å²) < 4.78 is 5.18. The van der Waals surface area contributed by atoms with Gasteiger partial charge in [-0.2, -0.15) is 0 Å². The van der Waals surface area contributed by atoms with Crippen LogP contribution in [0.1, 0.15) is 65.7 Å². The van der Waals surface area contributed by atoms with Crippen LogP contribution in [-0.2, 0) is 4.74 Å². The maximum Gasteiger partial charge on any atom is 0.407 e. The number of nitrogens with one attached hydrogen (secondary N) is 3. The van der Waals surface area contributed by atoms with Crippen molar-refractivity contribution in [1.82, 2.24) is 16.0 Å². The highest BCUT2D eigenvalue weighted by molar-refractivity contribution is 5.67. The summed E-state index contributed by atoms with van der Waals surface area (Å²) in [6.45, 7) is 11.2. The van der Waals surface area contributed by atoms with Crippen molar-refractivity contribution in [2.24, 2.45) is 5.73 Å². The van der Waals surface area contributed by atoms with Crippen LogP contribution in [0.3, 0.4) is 0 Å². The minimum Gasteiger partial charge on any atom is -0.444 e. The molecule has 0 saturated heterocycles. The summed E-state index contributed by atoms with van der Waals surface area (Å²) in [4.78, 5) is 11.4. The van der Waals surface area contributed by atoms with Crippen LogP contribution in [0, 0.1) is 0 Å². The smallest absolute Gasteiger partial charge is 0.407 e. The summed E-state index contributed by atoms with van der Waals surface area (Å²) in [5, 5.41) is 9.59. The first kappa shape index (κ1) is 23.1. The molecular formula is C18H40N4O2. The van der Waals surface area contributed by atoms with Crippen molar-refractivity contribution < 1.29 is 9.53 Å². The summed E-state index contributed by atoms with van der Waals surface area (Å²) in [5.74, 6) is 0. The van der Waals surface area contributed by atoms with Crippen molar-refractivity contribution >= 4 is 6.09 Å². The normalized spacial score (nSPS) is 11.5. The second-order valence-electron chi connectivity index (χ2n) is 7.19. The van der Waals surface area contributed by atoms with E-state index in [4.69, 9.17) is 10.5 Å². The Morgan fingerprint density at radius 2 is 1.29 bits per heavy atom. The first-order valence-electron chi connectivity index (χ1n) is 9.54. The van der Waals surface area contributed by atoms with Gasteiger partial charge < -0.3 is 26.4 Å². The Kier molecular flexibility index (Phi) is 15.1. The van der Waals surface area contributed by atoms with Crippen LogP contribution in [0.5, 0.6) is 0 Å². The number of carbonyl (C=O) groups excluding carboxylic acids is 1. The van der Waals surface area contributed by atoms with E-state index in [-0.39, 0.29) is 6.09 Å². The van der Waals surface area contributed by atoms with E-state index in [1.54, 1.807) is 0 Å². The molecule has 0 aromatic rings. The molecule has 0 aliphatic heterocycles. The molecule has 0 bridgehead atoms. The summed E-state index contributed by atoms with van der Waals surface area (Å²) in [7, 11) is 0. The average Bonchev–Trinajstić information content (AvgIpc) is 2.49. The fraction of sp³-hybridized carbons (Fsp3) is 0.944. The second kappa shape index (κ2) is 15.7. The number of rotatable bonds is 15. The van der Waals surface area contributed by atoms with Gasteiger partial charge in [0.2, 0.25) is 0 Å². The molecule has 0 atom stereocenters. The molecule has 0 heterocycles. The molecule has 0 saturated carbocycles. The Hall–Kier alpha value is -0.850. The number of unbranched alkanes of at least 4 members (excludes halogenated alkanes) is 4. The lowest BCUT2D eigenvalue weighted by Gasteiger charge is -2.19. The van der Waals surface area contributed by atoms with Crippen LogP contribution in [0.2, 0.25) is 0 Å². The third-order valence-electron chi connectivity index (χ3n) is 3.46. The summed E-state index contributed by atoms with van der Waals surface area (Å²) >= 11 is 0. The molecule has 6 heteroatoms. The van der Waals surface area contributed by atoms with Crippen LogP contribution in [-0.4, -0.2) is 51.0 Å². The fourth-order valence-corrected chi connectivity index (χ4v) is 2.23. The second-order valence-corrected chi connectivity index (χ2v) is 7.19. The Morgan fingerprint density at radius 1 is 0.792 bits per heavy atom. The minimum absolute atomic E-state index is 0.333. The molecule has 0 spiro atoms. The maximum atomic E-state index is 11.4. The van der Waals surface area contributed by atoms with Crippen molar-refractivity contribution in [2.45, 2.75) is 71.3 Å². The van der Waals surface area contributed by atoms with Gasteiger partial charge in [0.15, 0.2) is 0 Å². The van der Waals surface area contributed by atoms with Gasteiger partial charge in [0, 0.05) is 6.54 Å². The monoisotopic (exact) mass is 344 g/mol. The predicted molar refractivity (Wildman–Crippen MR) is 101 cm³/mol. The first-order chi connectivity index (χ1) is 11.5. The number of nitrogens with two attached hydrogens (primary N) is 1. The quantitative estimate of drug-likeness (QED) is 0.343. The largest absolute Gasteiger partial charge is 0.444 e. The third-order valence-corrected chi connectivity index (χ3v) is 3.46. The van der Waals surface area contributed by atoms with E-state index >= 15 is 0 Å². The number of alkyl carbamates (subject to hydrolysis) is 1. The van der Waals surface area contributed by atoms with Gasteiger partial charge >= 0.3 is 6.09 Å². The molecule has 6 nitrogen and oxygen atoms in total. The molecule has 0 aliphatic rings. The summed E-state index contributed by atoms with van der Waals surface area (Å²) in [6, 6.07) is 0. The first-order valence-corrected chi connectivity index (χ1v) is 9.54. The highest BCUT2D eigenvalue weighted by Crippen LogP contribution is 2.06. The lowest BCUT2D eigenvalue weighted by molar-refractivity contribution is 0.0527. The van der Waals surface area contributed by atoms with Crippen molar-refractivity contribution in [2.75, 3.05) is 39.3 Å².